The first-order valence-electron chi connectivity index (χ1n) is 5.31. The third-order valence-electron chi connectivity index (χ3n) is 1.19. The molecule has 15 nitrogen and oxygen atoms in total. The van der Waals surface area contributed by atoms with E-state index in [1.54, 1.807) is 0 Å². The van der Waals surface area contributed by atoms with Crippen LogP contribution in [-0.2, 0) is 30.1 Å². The highest BCUT2D eigenvalue weighted by atomic mass is 32.2. The average molecular weight is 420 g/mol. The molecule has 0 unspecified atom stereocenters. The Bertz CT molecular complexity index is 445. The van der Waals surface area contributed by atoms with E-state index < -0.39 is 64.2 Å². The van der Waals surface area contributed by atoms with E-state index in [0.29, 0.717) is 0 Å². The molecule has 0 aromatic heterocycles. The molecule has 0 saturated heterocycles. The van der Waals surface area contributed by atoms with Crippen molar-refractivity contribution in [2.24, 2.45) is 0 Å². The summed E-state index contributed by atoms with van der Waals surface area (Å²) in [6, 6.07) is 0. The van der Waals surface area contributed by atoms with E-state index in [4.69, 9.17) is 43.1 Å². The SMILES string of the molecule is O=C(O)CNCP(=O)(O)O.O=C(O)CNCP(=O)(O)O.O=S(O)O. The lowest BCUT2D eigenvalue weighted by Crippen LogP contribution is -2.23. The number of carboxylic acids is 2. The first-order chi connectivity index (χ1) is 10.6. The number of aliphatic carboxylic acids is 2. The fourth-order valence-electron chi connectivity index (χ4n) is 0.617. The van der Waals surface area contributed by atoms with E-state index in [-0.39, 0.29) is 0 Å². The largest absolute Gasteiger partial charge is 0.480 e. The van der Waals surface area contributed by atoms with E-state index in [1.165, 1.54) is 0 Å². The van der Waals surface area contributed by atoms with Crippen LogP contribution in [0, 0.1) is 0 Å². The van der Waals surface area contributed by atoms with Crippen LogP contribution in [0.3, 0.4) is 0 Å². The average Bonchev–Trinajstić information content (AvgIpc) is 2.23. The molecule has 0 heterocycles. The predicted molar refractivity (Wildman–Crippen MR) is 78.5 cm³/mol. The summed E-state index contributed by atoms with van der Waals surface area (Å²) in [5.41, 5.74) is 0. The molecule has 0 bridgehead atoms. The monoisotopic (exact) mass is 420 g/mol. The van der Waals surface area contributed by atoms with E-state index in [9.17, 15) is 18.7 Å². The maximum atomic E-state index is 10.1. The molecule has 0 aromatic carbocycles. The zero-order chi connectivity index (χ0) is 20.0. The molecule has 0 rings (SSSR count). The zero-order valence-electron chi connectivity index (χ0n) is 11.8. The van der Waals surface area contributed by atoms with Gasteiger partial charge in [0.05, 0.1) is 25.7 Å². The van der Waals surface area contributed by atoms with Gasteiger partial charge in [0.2, 0.25) is 0 Å². The van der Waals surface area contributed by atoms with Crippen molar-refractivity contribution < 1.29 is 61.8 Å². The molecule has 18 heteroatoms. The molecule has 0 atom stereocenters. The minimum Gasteiger partial charge on any atom is -0.480 e. The summed E-state index contributed by atoms with van der Waals surface area (Å²) in [5.74, 6) is -2.29. The van der Waals surface area contributed by atoms with Crippen molar-refractivity contribution in [1.82, 2.24) is 10.6 Å². The van der Waals surface area contributed by atoms with Gasteiger partial charge in [-0.05, 0) is 0 Å². The molecular weight excluding hydrogens is 402 g/mol. The first kappa shape index (κ1) is 28.1. The summed E-state index contributed by atoms with van der Waals surface area (Å²) < 4.78 is 42.9. The summed E-state index contributed by atoms with van der Waals surface area (Å²) in [7, 11) is -8.19. The number of rotatable bonds is 8. The van der Waals surface area contributed by atoms with Crippen molar-refractivity contribution in [2.45, 2.75) is 0 Å². The van der Waals surface area contributed by atoms with E-state index >= 15 is 0 Å². The van der Waals surface area contributed by atoms with Gasteiger partial charge in [0.15, 0.2) is 0 Å². The smallest absolute Gasteiger partial charge is 0.339 e. The van der Waals surface area contributed by atoms with Crippen LogP contribution < -0.4 is 10.6 Å². The maximum Gasteiger partial charge on any atom is 0.339 e. The highest BCUT2D eigenvalue weighted by molar-refractivity contribution is 7.73. The van der Waals surface area contributed by atoms with Gasteiger partial charge in [0.1, 0.15) is 0 Å². The lowest BCUT2D eigenvalue weighted by molar-refractivity contribution is -0.136. The second-order valence-electron chi connectivity index (χ2n) is 3.52. The summed E-state index contributed by atoms with van der Waals surface area (Å²) in [6.07, 6.45) is -1.20. The number of carboxylic acid groups (broad SMARTS) is 2. The maximum absolute atomic E-state index is 10.1. The van der Waals surface area contributed by atoms with Gasteiger partial charge in [0, 0.05) is 0 Å². The van der Waals surface area contributed by atoms with Gasteiger partial charge in [-0.2, -0.15) is 4.21 Å². The van der Waals surface area contributed by atoms with Gasteiger partial charge in [-0.3, -0.25) is 38.5 Å². The summed E-state index contributed by atoms with van der Waals surface area (Å²) in [5, 5.41) is 20.1. The Kier molecular flexibility index (Phi) is 17.0. The van der Waals surface area contributed by atoms with Crippen LogP contribution in [0.2, 0.25) is 0 Å². The summed E-state index contributed by atoms with van der Waals surface area (Å²) in [4.78, 5) is 52.3. The van der Waals surface area contributed by atoms with Crippen LogP contribution in [0.4, 0.5) is 0 Å². The van der Waals surface area contributed by atoms with Crippen LogP contribution in [0.1, 0.15) is 0 Å². The van der Waals surface area contributed by atoms with E-state index in [1.807, 2.05) is 0 Å². The molecule has 0 aromatic rings. The quantitative estimate of drug-likeness (QED) is 0.141. The minimum atomic E-state index is -4.10. The molecule has 0 saturated carbocycles. The molecule has 0 radical (unpaired) electrons. The van der Waals surface area contributed by atoms with Crippen LogP contribution in [0.5, 0.6) is 0 Å². The molecule has 10 N–H and O–H groups in total. The number of carbonyl (C=O) groups is 2. The second-order valence-corrected chi connectivity index (χ2v) is 7.27. The van der Waals surface area contributed by atoms with Crippen molar-refractivity contribution >= 4 is 38.5 Å². The number of hydrogen-bond donors (Lipinski definition) is 10. The second kappa shape index (κ2) is 14.6. The Balaban J connectivity index is -0.000000301. The number of hydrogen-bond acceptors (Lipinski definition) is 7. The van der Waals surface area contributed by atoms with Crippen LogP contribution in [-0.4, -0.2) is 80.7 Å². The van der Waals surface area contributed by atoms with Gasteiger partial charge in [-0.25, -0.2) is 0 Å². The minimum absolute atomic E-state index is 0.439. The molecule has 0 fully saturated rings. The topological polar surface area (TPSA) is 271 Å². The molecule has 0 spiro atoms. The molecule has 24 heavy (non-hydrogen) atoms. The van der Waals surface area contributed by atoms with E-state index in [2.05, 4.69) is 10.6 Å². The standard InChI is InChI=1S/2C3H8NO5P.H2O3S/c2*5-3(6)1-4-2-10(7,8)9;1-4(2)3/h2*4H,1-2H2,(H,5,6)(H2,7,8,9);(H2,1,2,3). The predicted octanol–water partition coefficient (Wildman–Crippen LogP) is -2.73. The van der Waals surface area contributed by atoms with Gasteiger partial charge < -0.3 is 29.8 Å². The van der Waals surface area contributed by atoms with Gasteiger partial charge in [-0.15, -0.1) is 0 Å². The van der Waals surface area contributed by atoms with Crippen LogP contribution in [0.15, 0.2) is 0 Å². The van der Waals surface area contributed by atoms with Crippen LogP contribution in [0.25, 0.3) is 0 Å². The molecule has 0 amide bonds. The van der Waals surface area contributed by atoms with Crippen molar-refractivity contribution in [1.29, 1.82) is 0 Å². The number of nitrogens with one attached hydrogen (secondary N) is 2. The van der Waals surface area contributed by atoms with Crippen molar-refractivity contribution in [3.8, 4) is 0 Å². The molecular formula is C6H18N2O13P2S. The highest BCUT2D eigenvalue weighted by Gasteiger charge is 2.12. The lowest BCUT2D eigenvalue weighted by Gasteiger charge is -2.02. The third kappa shape index (κ3) is 49.6. The zero-order valence-corrected chi connectivity index (χ0v) is 14.4. The van der Waals surface area contributed by atoms with Gasteiger partial charge in [0.25, 0.3) is 11.4 Å². The molecule has 146 valence electrons. The summed E-state index contributed by atoms with van der Waals surface area (Å²) in [6.45, 7) is -0.879. The van der Waals surface area contributed by atoms with Gasteiger partial charge >= 0.3 is 27.1 Å². The van der Waals surface area contributed by atoms with Crippen molar-refractivity contribution in [3.05, 3.63) is 0 Å². The Morgan fingerprint density at radius 1 is 0.792 bits per heavy atom. The molecule has 0 aliphatic heterocycles. The Morgan fingerprint density at radius 2 is 1.00 bits per heavy atom. The fraction of sp³-hybridized carbons (Fsp3) is 0.667. The van der Waals surface area contributed by atoms with Gasteiger partial charge in [-0.1, -0.05) is 0 Å². The molecule has 0 aliphatic carbocycles. The molecule has 0 aliphatic rings. The third-order valence-corrected chi connectivity index (χ3v) is 2.46. The van der Waals surface area contributed by atoms with Crippen molar-refractivity contribution in [3.63, 3.8) is 0 Å². The highest BCUT2D eigenvalue weighted by Crippen LogP contribution is 2.32. The Labute approximate surface area is 137 Å². The lowest BCUT2D eigenvalue weighted by atomic mass is 10.7. The fourth-order valence-corrected chi connectivity index (χ4v) is 1.42. The Morgan fingerprint density at radius 3 is 1.12 bits per heavy atom. The van der Waals surface area contributed by atoms with Crippen LogP contribution >= 0.6 is 15.2 Å². The Hall–Kier alpha value is -0.770. The first-order valence-corrected chi connectivity index (χ1v) is 9.97. The van der Waals surface area contributed by atoms with Crippen molar-refractivity contribution in [2.75, 3.05) is 25.7 Å². The van der Waals surface area contributed by atoms with E-state index in [0.717, 1.165) is 0 Å². The normalized spacial score (nSPS) is 11.0. The summed E-state index contributed by atoms with van der Waals surface area (Å²) >= 11 is -2.61.